The number of carboxylic acids is 2. The largest absolute Gasteiger partial charge is 0.481 e. The predicted octanol–water partition coefficient (Wildman–Crippen LogP) is -6.88. The number of hydrogen-bond donors (Lipinski definition) is 16. The van der Waals surface area contributed by atoms with Gasteiger partial charge >= 0.3 is 11.9 Å². The summed E-state index contributed by atoms with van der Waals surface area (Å²) in [6, 6.07) is -10.7. The minimum Gasteiger partial charge on any atom is -0.481 e. The van der Waals surface area contributed by atoms with Crippen molar-refractivity contribution < 1.29 is 68.1 Å². The maximum Gasteiger partial charge on any atom is 0.303 e. The van der Waals surface area contributed by atoms with Gasteiger partial charge in [0.15, 0.2) is 11.9 Å². The molecule has 30 heteroatoms. The van der Waals surface area contributed by atoms with Crippen molar-refractivity contribution in [2.75, 3.05) is 25.1 Å². The molecule has 0 aromatic rings. The summed E-state index contributed by atoms with van der Waals surface area (Å²) in [5.41, 5.74) is 32.3. The molecule has 22 N–H and O–H groups in total. The van der Waals surface area contributed by atoms with Crippen LogP contribution in [0.5, 0.6) is 0 Å². The number of aliphatic carboxylic acids is 2. The SMILES string of the molecule is CSCC[C@H](NC(=O)[C@H](CCC(=O)O)NC(=O)[C@H](CCC(=O)O)NC(C)=O)C(=O)N[C@@H](CCC(N)=O)C(=O)N[C@@H](CCCN=C(N)N)C(=O)N[C@@H](CCCN=C(N)N)C(=O)N[C@H](C(N)=O)[C@@H](C)O. The molecule has 0 aliphatic rings. The van der Waals surface area contributed by atoms with E-state index < -0.39 is 152 Å². The van der Waals surface area contributed by atoms with Crippen LogP contribution in [0.3, 0.4) is 0 Å². The Morgan fingerprint density at radius 1 is 0.500 bits per heavy atom. The van der Waals surface area contributed by atoms with Crippen LogP contribution in [0.4, 0.5) is 0 Å². The fourth-order valence-corrected chi connectivity index (χ4v) is 6.44. The number of rotatable bonds is 35. The number of nitrogens with zero attached hydrogens (tertiary/aromatic N) is 2. The molecule has 0 aliphatic carbocycles. The van der Waals surface area contributed by atoms with Crippen LogP contribution in [0.2, 0.25) is 0 Å². The van der Waals surface area contributed by atoms with Gasteiger partial charge in [-0.25, -0.2) is 0 Å². The van der Waals surface area contributed by atoms with E-state index >= 15 is 0 Å². The average Bonchev–Trinajstić information content (AvgIpc) is 3.23. The lowest BCUT2D eigenvalue weighted by Gasteiger charge is -2.28. The standard InChI is InChI=1S/C38H67N15O14S/c1-18(54)29(30(40)61)53-36(67)21(7-5-16-46-38(43)44)49-31(62)20(6-4-15-45-37(41)42)48-33(64)23(8-11-26(39)56)50-35(66)25(14-17-68-3)52-34(65)24(10-13-28(59)60)51-32(63)22(47-19(2)55)9-12-27(57)58/h18,20-25,29,54H,4-17H2,1-3H3,(H2,39,56)(H2,40,61)(H,47,55)(H,48,64)(H,49,62)(H,50,66)(H,51,63)(H,52,65)(H,53,67)(H,57,58)(H,59,60)(H4,41,42,45)(H4,43,44,46)/t18-,20+,21+,22+,23+,24+,25+,29+/m1/s1. The first-order valence-corrected chi connectivity index (χ1v) is 22.6. The number of aliphatic hydroxyl groups is 1. The second-order valence-corrected chi connectivity index (χ2v) is 16.2. The number of thioether (sulfide) groups is 1. The van der Waals surface area contributed by atoms with E-state index in [2.05, 4.69) is 47.2 Å². The van der Waals surface area contributed by atoms with E-state index in [9.17, 15) is 63.0 Å². The summed E-state index contributed by atoms with van der Waals surface area (Å²) < 4.78 is 0. The molecule has 0 fully saturated rings. The summed E-state index contributed by atoms with van der Waals surface area (Å²) in [5.74, 6) is -11.7. The quantitative estimate of drug-likeness (QED) is 0.0159. The summed E-state index contributed by atoms with van der Waals surface area (Å²) in [6.45, 7) is 2.21. The van der Waals surface area contributed by atoms with E-state index in [1.807, 2.05) is 0 Å². The molecule has 0 saturated carbocycles. The van der Waals surface area contributed by atoms with Gasteiger partial charge in [-0.1, -0.05) is 0 Å². The molecular weight excluding hydrogens is 923 g/mol. The van der Waals surface area contributed by atoms with Gasteiger partial charge in [-0.05, 0) is 70.3 Å². The number of nitrogens with one attached hydrogen (secondary N) is 7. The molecule has 29 nitrogen and oxygen atoms in total. The van der Waals surface area contributed by atoms with Crippen molar-refractivity contribution in [2.45, 2.75) is 133 Å². The molecular formula is C38H67N15O14S. The van der Waals surface area contributed by atoms with Gasteiger partial charge in [-0.15, -0.1) is 0 Å². The highest BCUT2D eigenvalue weighted by Gasteiger charge is 2.34. The Morgan fingerprint density at radius 2 is 0.824 bits per heavy atom. The summed E-state index contributed by atoms with van der Waals surface area (Å²) in [4.78, 5) is 148. The molecule has 0 rings (SSSR count). The Hall–Kier alpha value is -6.98. The van der Waals surface area contributed by atoms with Crippen molar-refractivity contribution in [1.82, 2.24) is 37.2 Å². The van der Waals surface area contributed by atoms with Crippen molar-refractivity contribution in [2.24, 2.45) is 44.4 Å². The number of aliphatic hydroxyl groups excluding tert-OH is 1. The van der Waals surface area contributed by atoms with Crippen LogP contribution >= 0.6 is 11.8 Å². The molecule has 0 bridgehead atoms. The smallest absolute Gasteiger partial charge is 0.303 e. The van der Waals surface area contributed by atoms with Crippen molar-refractivity contribution >= 4 is 88.8 Å². The molecule has 0 aromatic carbocycles. The third-order valence-electron chi connectivity index (χ3n) is 9.42. The Bertz CT molecular complexity index is 1830. The van der Waals surface area contributed by atoms with Gasteiger partial charge in [0.1, 0.15) is 42.3 Å². The van der Waals surface area contributed by atoms with Gasteiger partial charge in [-0.2, -0.15) is 11.8 Å². The second-order valence-electron chi connectivity index (χ2n) is 15.2. The predicted molar refractivity (Wildman–Crippen MR) is 245 cm³/mol. The Kier molecular flexibility index (Phi) is 29.3. The minimum atomic E-state index is -1.64. The van der Waals surface area contributed by atoms with Crippen LogP contribution in [-0.2, 0) is 52.7 Å². The number of hydrogen-bond acceptors (Lipinski definition) is 15. The van der Waals surface area contributed by atoms with Crippen LogP contribution in [0.25, 0.3) is 0 Å². The third kappa shape index (κ3) is 26.9. The van der Waals surface area contributed by atoms with Gasteiger partial charge in [0.25, 0.3) is 0 Å². The van der Waals surface area contributed by atoms with Crippen molar-refractivity contribution in [3.63, 3.8) is 0 Å². The summed E-state index contributed by atoms with van der Waals surface area (Å²) >= 11 is 1.25. The summed E-state index contributed by atoms with van der Waals surface area (Å²) in [7, 11) is 0. The van der Waals surface area contributed by atoms with Gasteiger partial charge in [-0.3, -0.25) is 62.7 Å². The first kappa shape index (κ1) is 61.0. The van der Waals surface area contributed by atoms with Gasteiger partial charge in [0.2, 0.25) is 53.2 Å². The lowest BCUT2D eigenvalue weighted by Crippen LogP contribution is -2.60. The number of carbonyl (C=O) groups is 11. The topological polar surface area (TPSA) is 514 Å². The third-order valence-corrected chi connectivity index (χ3v) is 10.1. The zero-order chi connectivity index (χ0) is 52.1. The molecule has 384 valence electrons. The molecule has 0 aromatic heterocycles. The Morgan fingerprint density at radius 3 is 1.12 bits per heavy atom. The fourth-order valence-electron chi connectivity index (χ4n) is 5.97. The molecule has 0 spiro atoms. The van der Waals surface area contributed by atoms with Crippen LogP contribution in [-0.4, -0.2) is 166 Å². The highest BCUT2D eigenvalue weighted by Crippen LogP contribution is 2.10. The van der Waals surface area contributed by atoms with Crippen LogP contribution in [0.15, 0.2) is 9.98 Å². The molecule has 0 heterocycles. The monoisotopic (exact) mass is 989 g/mol. The number of nitrogens with two attached hydrogens (primary N) is 6. The van der Waals surface area contributed by atoms with Crippen molar-refractivity contribution in [3.05, 3.63) is 0 Å². The zero-order valence-electron chi connectivity index (χ0n) is 38.1. The minimum absolute atomic E-state index is 0.00123. The average molecular weight is 990 g/mol. The highest BCUT2D eigenvalue weighted by molar-refractivity contribution is 7.98. The van der Waals surface area contributed by atoms with Crippen LogP contribution < -0.4 is 71.6 Å². The molecule has 0 unspecified atom stereocenters. The molecule has 0 radical (unpaired) electrons. The van der Waals surface area contributed by atoms with E-state index in [1.54, 1.807) is 6.26 Å². The highest BCUT2D eigenvalue weighted by atomic mass is 32.2. The maximum atomic E-state index is 14.0. The first-order valence-electron chi connectivity index (χ1n) is 21.2. The zero-order valence-corrected chi connectivity index (χ0v) is 38.9. The van der Waals surface area contributed by atoms with Gasteiger partial charge in [0.05, 0.1) is 6.10 Å². The normalized spacial score (nSPS) is 14.2. The second kappa shape index (κ2) is 32.7. The van der Waals surface area contributed by atoms with E-state index in [-0.39, 0.29) is 62.9 Å². The molecule has 68 heavy (non-hydrogen) atoms. The summed E-state index contributed by atoms with van der Waals surface area (Å²) in [6.07, 6.45) is -3.11. The molecule has 8 atom stereocenters. The van der Waals surface area contributed by atoms with Gasteiger partial charge in [0, 0.05) is 39.3 Å². The summed E-state index contributed by atoms with van der Waals surface area (Å²) in [5, 5.41) is 45.2. The molecule has 0 saturated heterocycles. The number of aliphatic imine (C=N–C) groups is 2. The number of carboxylic acid groups (broad SMARTS) is 2. The Labute approximate surface area is 395 Å². The van der Waals surface area contributed by atoms with E-state index in [1.165, 1.54) is 18.7 Å². The fraction of sp³-hybridized carbons (Fsp3) is 0.658. The number of primary amides is 2. The Balaban J connectivity index is 6.85. The number of amides is 9. The lowest BCUT2D eigenvalue weighted by atomic mass is 10.0. The lowest BCUT2D eigenvalue weighted by molar-refractivity contribution is -0.140. The van der Waals surface area contributed by atoms with E-state index in [0.29, 0.717) is 0 Å². The molecule has 9 amide bonds. The van der Waals surface area contributed by atoms with E-state index in [0.717, 1.165) is 6.92 Å². The van der Waals surface area contributed by atoms with Crippen molar-refractivity contribution in [3.8, 4) is 0 Å². The maximum absolute atomic E-state index is 14.0. The molecule has 0 aliphatic heterocycles. The number of carbonyl (C=O) groups excluding carboxylic acids is 9. The van der Waals surface area contributed by atoms with Crippen LogP contribution in [0.1, 0.15) is 84.5 Å². The van der Waals surface area contributed by atoms with Gasteiger partial charge < -0.3 is 86.9 Å². The number of guanidine groups is 2. The van der Waals surface area contributed by atoms with Crippen molar-refractivity contribution in [1.29, 1.82) is 0 Å². The van der Waals surface area contributed by atoms with Crippen LogP contribution in [0, 0.1) is 0 Å². The van der Waals surface area contributed by atoms with E-state index in [4.69, 9.17) is 39.5 Å². The first-order chi connectivity index (χ1) is 31.8.